The topological polar surface area (TPSA) is 21.3 Å². The van der Waals surface area contributed by atoms with Gasteiger partial charge in [0.1, 0.15) is 5.82 Å². The maximum absolute atomic E-state index is 13.3. The molecule has 0 amide bonds. The fourth-order valence-electron chi connectivity index (χ4n) is 1.57. The van der Waals surface area contributed by atoms with Crippen LogP contribution in [0.4, 0.5) is 13.2 Å². The van der Waals surface area contributed by atoms with Gasteiger partial charge in [0.2, 0.25) is 0 Å². The molecule has 0 radical (unpaired) electrons. The molecule has 0 saturated carbocycles. The van der Waals surface area contributed by atoms with Crippen LogP contribution in [-0.2, 0) is 4.74 Å². The molecular formula is C10H11ClF3NO. The highest BCUT2D eigenvalue weighted by Gasteiger charge is 2.20. The minimum absolute atomic E-state index is 0. The second-order valence-electron chi connectivity index (χ2n) is 3.37. The number of benzene rings is 1. The van der Waals surface area contributed by atoms with Gasteiger partial charge in [-0.1, -0.05) is 0 Å². The molecular weight excluding hydrogens is 243 g/mol. The lowest BCUT2D eigenvalue weighted by Gasteiger charge is -2.24. The summed E-state index contributed by atoms with van der Waals surface area (Å²) in [7, 11) is 0. The predicted octanol–water partition coefficient (Wildman–Crippen LogP) is 2.19. The summed E-state index contributed by atoms with van der Waals surface area (Å²) in [4.78, 5) is 0. The highest BCUT2D eigenvalue weighted by Crippen LogP contribution is 2.21. The van der Waals surface area contributed by atoms with Gasteiger partial charge in [-0.15, -0.1) is 12.4 Å². The third-order valence-corrected chi connectivity index (χ3v) is 2.34. The van der Waals surface area contributed by atoms with E-state index in [0.29, 0.717) is 19.2 Å². The van der Waals surface area contributed by atoms with E-state index in [4.69, 9.17) is 4.74 Å². The Bertz CT molecular complexity index is 369. The monoisotopic (exact) mass is 253 g/mol. The lowest BCUT2D eigenvalue weighted by molar-refractivity contribution is 0.0756. The average molecular weight is 254 g/mol. The SMILES string of the molecule is Cl.Fc1cc(F)c([C@H]2COCCN2)cc1F. The van der Waals surface area contributed by atoms with E-state index in [-0.39, 0.29) is 24.6 Å². The number of halogens is 4. The van der Waals surface area contributed by atoms with Gasteiger partial charge >= 0.3 is 0 Å². The summed E-state index contributed by atoms with van der Waals surface area (Å²) in [5.41, 5.74) is 0.105. The molecule has 1 fully saturated rings. The van der Waals surface area contributed by atoms with Crippen LogP contribution < -0.4 is 5.32 Å². The number of morpholine rings is 1. The van der Waals surface area contributed by atoms with Gasteiger partial charge in [0.15, 0.2) is 11.6 Å². The Kier molecular flexibility index (Phi) is 4.58. The maximum atomic E-state index is 13.3. The number of nitrogens with one attached hydrogen (secondary N) is 1. The first-order chi connectivity index (χ1) is 7.18. The number of hydrogen-bond acceptors (Lipinski definition) is 2. The Labute approximate surface area is 97.2 Å². The molecule has 0 aromatic heterocycles. The van der Waals surface area contributed by atoms with Gasteiger partial charge in [-0.3, -0.25) is 0 Å². The van der Waals surface area contributed by atoms with E-state index in [9.17, 15) is 13.2 Å². The zero-order chi connectivity index (χ0) is 10.8. The van der Waals surface area contributed by atoms with Crippen molar-refractivity contribution in [2.45, 2.75) is 6.04 Å². The highest BCUT2D eigenvalue weighted by molar-refractivity contribution is 5.85. The molecule has 1 heterocycles. The maximum Gasteiger partial charge on any atom is 0.161 e. The fraction of sp³-hybridized carbons (Fsp3) is 0.400. The van der Waals surface area contributed by atoms with E-state index < -0.39 is 23.5 Å². The molecule has 2 rings (SSSR count). The van der Waals surface area contributed by atoms with Crippen LogP contribution >= 0.6 is 12.4 Å². The minimum Gasteiger partial charge on any atom is -0.378 e. The molecule has 1 aromatic rings. The summed E-state index contributed by atoms with van der Waals surface area (Å²) in [5, 5.41) is 2.97. The number of rotatable bonds is 1. The summed E-state index contributed by atoms with van der Waals surface area (Å²) < 4.78 is 44.0. The van der Waals surface area contributed by atoms with Crippen LogP contribution in [0.15, 0.2) is 12.1 Å². The molecule has 6 heteroatoms. The molecule has 0 bridgehead atoms. The molecule has 1 aliphatic rings. The summed E-state index contributed by atoms with van der Waals surface area (Å²) in [6, 6.07) is 1.02. The van der Waals surface area contributed by atoms with Crippen molar-refractivity contribution in [3.63, 3.8) is 0 Å². The second-order valence-corrected chi connectivity index (χ2v) is 3.37. The molecule has 0 aliphatic carbocycles. The summed E-state index contributed by atoms with van der Waals surface area (Å²) in [5.74, 6) is -2.97. The molecule has 1 atom stereocenters. The Morgan fingerprint density at radius 1 is 1.12 bits per heavy atom. The van der Waals surface area contributed by atoms with E-state index in [0.717, 1.165) is 6.07 Å². The molecule has 0 unspecified atom stereocenters. The van der Waals surface area contributed by atoms with Crippen LogP contribution in [0.5, 0.6) is 0 Å². The molecule has 1 aromatic carbocycles. The van der Waals surface area contributed by atoms with Gasteiger partial charge in [0, 0.05) is 18.2 Å². The van der Waals surface area contributed by atoms with E-state index in [1.54, 1.807) is 0 Å². The molecule has 2 nitrogen and oxygen atoms in total. The van der Waals surface area contributed by atoms with Crippen LogP contribution in [0.3, 0.4) is 0 Å². The first-order valence-corrected chi connectivity index (χ1v) is 4.64. The molecule has 1 N–H and O–H groups in total. The van der Waals surface area contributed by atoms with Crippen LogP contribution in [0.25, 0.3) is 0 Å². The van der Waals surface area contributed by atoms with E-state index in [1.165, 1.54) is 0 Å². The van der Waals surface area contributed by atoms with Crippen molar-refractivity contribution in [2.75, 3.05) is 19.8 Å². The van der Waals surface area contributed by atoms with Crippen LogP contribution in [0, 0.1) is 17.5 Å². The third-order valence-electron chi connectivity index (χ3n) is 2.34. The number of ether oxygens (including phenoxy) is 1. The lowest BCUT2D eigenvalue weighted by Crippen LogP contribution is -2.35. The summed E-state index contributed by atoms with van der Waals surface area (Å²) in [6.45, 7) is 1.38. The molecule has 1 saturated heterocycles. The summed E-state index contributed by atoms with van der Waals surface area (Å²) >= 11 is 0. The van der Waals surface area contributed by atoms with Crippen molar-refractivity contribution in [1.82, 2.24) is 5.32 Å². The lowest BCUT2D eigenvalue weighted by atomic mass is 10.1. The van der Waals surface area contributed by atoms with Crippen molar-refractivity contribution < 1.29 is 17.9 Å². The van der Waals surface area contributed by atoms with E-state index in [1.807, 2.05) is 0 Å². The number of hydrogen-bond donors (Lipinski definition) is 1. The predicted molar refractivity (Wildman–Crippen MR) is 55.1 cm³/mol. The smallest absolute Gasteiger partial charge is 0.161 e. The van der Waals surface area contributed by atoms with Crippen LogP contribution in [0.2, 0.25) is 0 Å². The van der Waals surface area contributed by atoms with Crippen molar-refractivity contribution >= 4 is 12.4 Å². The van der Waals surface area contributed by atoms with Gasteiger partial charge < -0.3 is 10.1 Å². The molecule has 1 aliphatic heterocycles. The van der Waals surface area contributed by atoms with E-state index in [2.05, 4.69) is 5.32 Å². The van der Waals surface area contributed by atoms with Gasteiger partial charge in [0.25, 0.3) is 0 Å². The van der Waals surface area contributed by atoms with Gasteiger partial charge in [-0.05, 0) is 6.07 Å². The molecule has 16 heavy (non-hydrogen) atoms. The van der Waals surface area contributed by atoms with Gasteiger partial charge in [-0.2, -0.15) is 0 Å². The Morgan fingerprint density at radius 2 is 1.81 bits per heavy atom. The van der Waals surface area contributed by atoms with Crippen molar-refractivity contribution in [2.24, 2.45) is 0 Å². The fourth-order valence-corrected chi connectivity index (χ4v) is 1.57. The first kappa shape index (κ1) is 13.3. The largest absolute Gasteiger partial charge is 0.378 e. The second kappa shape index (κ2) is 5.52. The van der Waals surface area contributed by atoms with Crippen LogP contribution in [-0.4, -0.2) is 19.8 Å². The Balaban J connectivity index is 0.00000128. The van der Waals surface area contributed by atoms with Crippen LogP contribution in [0.1, 0.15) is 11.6 Å². The Hall–Kier alpha value is -0.780. The van der Waals surface area contributed by atoms with Gasteiger partial charge in [0.05, 0.1) is 19.3 Å². The van der Waals surface area contributed by atoms with Crippen molar-refractivity contribution in [1.29, 1.82) is 0 Å². The quantitative estimate of drug-likeness (QED) is 0.775. The van der Waals surface area contributed by atoms with E-state index >= 15 is 0 Å². The molecule has 0 spiro atoms. The zero-order valence-electron chi connectivity index (χ0n) is 8.30. The Morgan fingerprint density at radius 3 is 2.44 bits per heavy atom. The van der Waals surface area contributed by atoms with Crippen molar-refractivity contribution in [3.8, 4) is 0 Å². The van der Waals surface area contributed by atoms with Gasteiger partial charge in [-0.25, -0.2) is 13.2 Å². The normalized spacial score (nSPS) is 20.3. The molecule has 90 valence electrons. The third kappa shape index (κ3) is 2.66. The van der Waals surface area contributed by atoms with Crippen molar-refractivity contribution in [3.05, 3.63) is 35.1 Å². The summed E-state index contributed by atoms with van der Waals surface area (Å²) in [6.07, 6.45) is 0. The minimum atomic E-state index is -1.17. The highest BCUT2D eigenvalue weighted by atomic mass is 35.5. The standard InChI is InChI=1S/C10H10F3NO.ClH/c11-7-4-9(13)8(12)3-6(7)10-5-15-2-1-14-10;/h3-4,10,14H,1-2,5H2;1H/t10-;/m1./s1. The average Bonchev–Trinajstić information content (AvgIpc) is 2.25. The zero-order valence-corrected chi connectivity index (χ0v) is 9.12. The first-order valence-electron chi connectivity index (χ1n) is 4.64.